The largest absolute Gasteiger partial charge is 0.396 e. The topological polar surface area (TPSA) is 52.5 Å². The first-order chi connectivity index (χ1) is 7.11. The van der Waals surface area contributed by atoms with Gasteiger partial charge in [0.1, 0.15) is 0 Å². The van der Waals surface area contributed by atoms with Gasteiger partial charge in [-0.25, -0.2) is 0 Å². The predicted octanol–water partition coefficient (Wildman–Crippen LogP) is 1.15. The van der Waals surface area contributed by atoms with Gasteiger partial charge >= 0.3 is 0 Å². The van der Waals surface area contributed by atoms with Crippen molar-refractivity contribution in [3.05, 3.63) is 0 Å². The molecule has 0 saturated heterocycles. The van der Waals surface area contributed by atoms with Crippen molar-refractivity contribution in [1.29, 1.82) is 0 Å². The van der Waals surface area contributed by atoms with E-state index in [-0.39, 0.29) is 18.6 Å². The molecule has 0 aromatic carbocycles. The van der Waals surface area contributed by atoms with E-state index < -0.39 is 0 Å². The highest BCUT2D eigenvalue weighted by Crippen LogP contribution is 2.24. The minimum atomic E-state index is -0.378. The van der Waals surface area contributed by atoms with Crippen molar-refractivity contribution >= 4 is 0 Å². The van der Waals surface area contributed by atoms with Crippen molar-refractivity contribution in [2.24, 2.45) is 11.3 Å². The van der Waals surface area contributed by atoms with Crippen molar-refractivity contribution in [2.45, 2.75) is 45.6 Å². The van der Waals surface area contributed by atoms with Crippen LogP contribution in [-0.2, 0) is 0 Å². The van der Waals surface area contributed by atoms with Crippen molar-refractivity contribution in [3.8, 4) is 0 Å². The third kappa shape index (κ3) is 3.74. The van der Waals surface area contributed by atoms with Gasteiger partial charge in [0.25, 0.3) is 0 Å². The van der Waals surface area contributed by atoms with E-state index in [0.717, 1.165) is 5.92 Å². The van der Waals surface area contributed by atoms with Crippen LogP contribution in [0.5, 0.6) is 0 Å². The minimum absolute atomic E-state index is 0.0393. The SMILES string of the molecule is CC1CCCCC1NCC(C)(CO)CO. The van der Waals surface area contributed by atoms with E-state index in [1.165, 1.54) is 25.7 Å². The zero-order chi connectivity index (χ0) is 11.3. The summed E-state index contributed by atoms with van der Waals surface area (Å²) in [6.45, 7) is 4.98. The zero-order valence-corrected chi connectivity index (χ0v) is 10.00. The van der Waals surface area contributed by atoms with E-state index in [1.807, 2.05) is 6.92 Å². The molecule has 0 radical (unpaired) electrons. The molecule has 0 spiro atoms. The first-order valence-electron chi connectivity index (χ1n) is 6.06. The predicted molar refractivity (Wildman–Crippen MR) is 61.7 cm³/mol. The maximum Gasteiger partial charge on any atom is 0.0518 e. The first kappa shape index (κ1) is 12.9. The molecule has 1 aliphatic rings. The first-order valence-corrected chi connectivity index (χ1v) is 6.06. The quantitative estimate of drug-likeness (QED) is 0.645. The van der Waals surface area contributed by atoms with Gasteiger partial charge in [0.15, 0.2) is 0 Å². The van der Waals surface area contributed by atoms with Crippen LogP contribution in [0.25, 0.3) is 0 Å². The molecule has 1 fully saturated rings. The van der Waals surface area contributed by atoms with Crippen LogP contribution in [0.2, 0.25) is 0 Å². The van der Waals surface area contributed by atoms with E-state index in [2.05, 4.69) is 12.2 Å². The van der Waals surface area contributed by atoms with Crippen LogP contribution >= 0.6 is 0 Å². The summed E-state index contributed by atoms with van der Waals surface area (Å²) in [7, 11) is 0. The Morgan fingerprint density at radius 2 is 1.80 bits per heavy atom. The highest BCUT2D eigenvalue weighted by molar-refractivity contribution is 4.82. The van der Waals surface area contributed by atoms with Crippen molar-refractivity contribution in [3.63, 3.8) is 0 Å². The Morgan fingerprint density at radius 3 is 2.33 bits per heavy atom. The van der Waals surface area contributed by atoms with E-state index in [4.69, 9.17) is 0 Å². The number of rotatable bonds is 5. The Balaban J connectivity index is 2.34. The normalized spacial score (nSPS) is 28.0. The number of hydrogen-bond acceptors (Lipinski definition) is 3. The van der Waals surface area contributed by atoms with Gasteiger partial charge in [-0.15, -0.1) is 0 Å². The molecule has 1 aliphatic carbocycles. The molecule has 2 atom stereocenters. The number of aliphatic hydroxyl groups excluding tert-OH is 2. The second-order valence-electron chi connectivity index (χ2n) is 5.38. The molecule has 0 aromatic rings. The van der Waals surface area contributed by atoms with Gasteiger partial charge in [0.2, 0.25) is 0 Å². The number of nitrogens with one attached hydrogen (secondary N) is 1. The van der Waals surface area contributed by atoms with Gasteiger partial charge in [0, 0.05) is 18.0 Å². The van der Waals surface area contributed by atoms with Gasteiger partial charge in [-0.2, -0.15) is 0 Å². The van der Waals surface area contributed by atoms with Crippen LogP contribution in [0.4, 0.5) is 0 Å². The molecule has 1 rings (SSSR count). The maximum absolute atomic E-state index is 9.18. The lowest BCUT2D eigenvalue weighted by molar-refractivity contribution is 0.0635. The monoisotopic (exact) mass is 215 g/mol. The third-order valence-corrected chi connectivity index (χ3v) is 3.67. The van der Waals surface area contributed by atoms with Gasteiger partial charge in [0.05, 0.1) is 13.2 Å². The Labute approximate surface area is 92.9 Å². The van der Waals surface area contributed by atoms with Crippen LogP contribution in [0.1, 0.15) is 39.5 Å². The molecule has 0 heterocycles. The smallest absolute Gasteiger partial charge is 0.0518 e. The van der Waals surface area contributed by atoms with E-state index in [1.54, 1.807) is 0 Å². The summed E-state index contributed by atoms with van der Waals surface area (Å²) in [5.74, 6) is 0.723. The Hall–Kier alpha value is -0.120. The fraction of sp³-hybridized carbons (Fsp3) is 1.00. The van der Waals surface area contributed by atoms with E-state index in [0.29, 0.717) is 12.6 Å². The summed E-state index contributed by atoms with van der Waals surface area (Å²) in [5, 5.41) is 21.9. The van der Waals surface area contributed by atoms with Crippen molar-refractivity contribution < 1.29 is 10.2 Å². The molecule has 1 saturated carbocycles. The summed E-state index contributed by atoms with van der Waals surface area (Å²) in [6.07, 6.45) is 5.17. The highest BCUT2D eigenvalue weighted by Gasteiger charge is 2.26. The van der Waals surface area contributed by atoms with Crippen LogP contribution < -0.4 is 5.32 Å². The Bertz CT molecular complexity index is 180. The van der Waals surface area contributed by atoms with Gasteiger partial charge < -0.3 is 15.5 Å². The molecule has 3 nitrogen and oxygen atoms in total. The Kier molecular flexibility index (Phi) is 5.03. The summed E-state index contributed by atoms with van der Waals surface area (Å²) in [6, 6.07) is 0.566. The fourth-order valence-electron chi connectivity index (χ4n) is 2.16. The Morgan fingerprint density at radius 1 is 1.20 bits per heavy atom. The number of hydrogen-bond donors (Lipinski definition) is 3. The number of aliphatic hydroxyl groups is 2. The molecule has 2 unspecified atom stereocenters. The molecule has 15 heavy (non-hydrogen) atoms. The third-order valence-electron chi connectivity index (χ3n) is 3.67. The lowest BCUT2D eigenvalue weighted by atomic mass is 9.84. The average molecular weight is 215 g/mol. The van der Waals surface area contributed by atoms with Gasteiger partial charge in [-0.05, 0) is 18.8 Å². The minimum Gasteiger partial charge on any atom is -0.396 e. The molecule has 90 valence electrons. The van der Waals surface area contributed by atoms with Gasteiger partial charge in [-0.3, -0.25) is 0 Å². The molecule has 0 aliphatic heterocycles. The maximum atomic E-state index is 9.18. The fourth-order valence-corrected chi connectivity index (χ4v) is 2.16. The average Bonchev–Trinajstić information content (AvgIpc) is 2.28. The summed E-state index contributed by atoms with van der Waals surface area (Å²) >= 11 is 0. The van der Waals surface area contributed by atoms with Crippen molar-refractivity contribution in [1.82, 2.24) is 5.32 Å². The second-order valence-corrected chi connectivity index (χ2v) is 5.38. The molecule has 3 N–H and O–H groups in total. The molecular weight excluding hydrogens is 190 g/mol. The molecule has 0 amide bonds. The van der Waals surface area contributed by atoms with Crippen LogP contribution in [0.3, 0.4) is 0 Å². The molecule has 3 heteroatoms. The van der Waals surface area contributed by atoms with E-state index >= 15 is 0 Å². The highest BCUT2D eigenvalue weighted by atomic mass is 16.3. The van der Waals surface area contributed by atoms with Crippen LogP contribution in [-0.4, -0.2) is 36.0 Å². The van der Waals surface area contributed by atoms with Gasteiger partial charge in [-0.1, -0.05) is 26.7 Å². The van der Waals surface area contributed by atoms with E-state index in [9.17, 15) is 10.2 Å². The zero-order valence-electron chi connectivity index (χ0n) is 10.00. The summed E-state index contributed by atoms with van der Waals surface area (Å²) in [5.41, 5.74) is -0.378. The van der Waals surface area contributed by atoms with Crippen LogP contribution in [0.15, 0.2) is 0 Å². The second kappa shape index (κ2) is 5.83. The summed E-state index contributed by atoms with van der Waals surface area (Å²) < 4.78 is 0. The molecule has 0 aromatic heterocycles. The lowest BCUT2D eigenvalue weighted by Crippen LogP contribution is -2.45. The lowest BCUT2D eigenvalue weighted by Gasteiger charge is -2.33. The standard InChI is InChI=1S/C12H25NO2/c1-10-5-3-4-6-11(10)13-7-12(2,8-14)9-15/h10-11,13-15H,3-9H2,1-2H3. The van der Waals surface area contributed by atoms with Crippen LogP contribution in [0, 0.1) is 11.3 Å². The summed E-state index contributed by atoms with van der Waals surface area (Å²) in [4.78, 5) is 0. The van der Waals surface area contributed by atoms with Crippen molar-refractivity contribution in [2.75, 3.05) is 19.8 Å². The molecule has 0 bridgehead atoms. The molecular formula is C12H25NO2.